The first kappa shape index (κ1) is 17.5. The Morgan fingerprint density at radius 2 is 2.15 bits per heavy atom. The molecule has 3 aromatic heterocycles. The molecule has 1 aliphatic rings. The van der Waals surface area contributed by atoms with Gasteiger partial charge in [-0.15, -0.1) is 11.3 Å². The number of hydrogen-bond acceptors (Lipinski definition) is 8. The SMILES string of the molecule is CCOC(=O)N1CCN(c2nc(Nc3cc(C)[nH]n3)nc3ccsc23)CC1. The van der Waals surface area contributed by atoms with Gasteiger partial charge in [0.15, 0.2) is 11.6 Å². The average Bonchev–Trinajstić information content (AvgIpc) is 3.30. The molecule has 0 atom stereocenters. The van der Waals surface area contributed by atoms with Gasteiger partial charge in [-0.3, -0.25) is 5.10 Å². The van der Waals surface area contributed by atoms with Gasteiger partial charge >= 0.3 is 6.09 Å². The van der Waals surface area contributed by atoms with Crippen molar-refractivity contribution in [2.75, 3.05) is 43.0 Å². The largest absolute Gasteiger partial charge is 0.450 e. The molecule has 0 spiro atoms. The quantitative estimate of drug-likeness (QED) is 0.710. The van der Waals surface area contributed by atoms with Crippen LogP contribution >= 0.6 is 11.3 Å². The van der Waals surface area contributed by atoms with E-state index in [9.17, 15) is 4.79 Å². The summed E-state index contributed by atoms with van der Waals surface area (Å²) >= 11 is 1.62. The van der Waals surface area contributed by atoms with Crippen LogP contribution < -0.4 is 10.2 Å². The van der Waals surface area contributed by atoms with Crippen LogP contribution in [-0.2, 0) is 4.74 Å². The number of fused-ring (bicyclic) bond motifs is 1. The number of H-pyrrole nitrogens is 1. The second kappa shape index (κ2) is 7.39. The van der Waals surface area contributed by atoms with E-state index in [0.717, 1.165) is 21.7 Å². The summed E-state index contributed by atoms with van der Waals surface area (Å²) < 4.78 is 6.14. The second-order valence-electron chi connectivity index (χ2n) is 6.24. The van der Waals surface area contributed by atoms with Gasteiger partial charge in [-0.05, 0) is 25.3 Å². The van der Waals surface area contributed by atoms with Crippen molar-refractivity contribution in [2.24, 2.45) is 0 Å². The number of aromatic amines is 1. The van der Waals surface area contributed by atoms with E-state index < -0.39 is 0 Å². The topological polar surface area (TPSA) is 99.3 Å². The van der Waals surface area contributed by atoms with Crippen LogP contribution in [0.4, 0.5) is 22.4 Å². The third-order valence-electron chi connectivity index (χ3n) is 4.34. The van der Waals surface area contributed by atoms with Gasteiger partial charge in [-0.25, -0.2) is 9.78 Å². The summed E-state index contributed by atoms with van der Waals surface area (Å²) in [7, 11) is 0. The van der Waals surface area contributed by atoms with Crippen molar-refractivity contribution in [3.05, 3.63) is 23.2 Å². The summed E-state index contributed by atoms with van der Waals surface area (Å²) in [5.74, 6) is 2.07. The monoisotopic (exact) mass is 387 g/mol. The van der Waals surface area contributed by atoms with Crippen molar-refractivity contribution in [1.82, 2.24) is 25.1 Å². The Labute approximate surface area is 160 Å². The highest BCUT2D eigenvalue weighted by atomic mass is 32.1. The van der Waals surface area contributed by atoms with Gasteiger partial charge in [0.1, 0.15) is 0 Å². The fourth-order valence-corrected chi connectivity index (χ4v) is 3.88. The van der Waals surface area contributed by atoms with E-state index in [0.29, 0.717) is 44.6 Å². The summed E-state index contributed by atoms with van der Waals surface area (Å²) in [5.41, 5.74) is 1.86. The summed E-state index contributed by atoms with van der Waals surface area (Å²) in [5, 5.41) is 12.3. The zero-order chi connectivity index (χ0) is 18.8. The van der Waals surface area contributed by atoms with E-state index in [2.05, 4.69) is 25.4 Å². The number of nitrogens with one attached hydrogen (secondary N) is 2. The number of hydrogen-bond donors (Lipinski definition) is 2. The molecule has 4 heterocycles. The second-order valence-corrected chi connectivity index (χ2v) is 7.16. The number of ether oxygens (including phenoxy) is 1. The standard InChI is InChI=1S/C17H21N7O2S/c1-3-26-17(25)24-7-5-23(6-8-24)15-14-12(4-9-27-14)18-16(20-15)19-13-10-11(2)21-22-13/h4,9-10H,3,5-8H2,1-2H3,(H2,18,19,20,21,22). The van der Waals surface area contributed by atoms with Gasteiger partial charge in [-0.2, -0.15) is 10.1 Å². The van der Waals surface area contributed by atoms with Crippen molar-refractivity contribution in [3.63, 3.8) is 0 Å². The lowest BCUT2D eigenvalue weighted by molar-refractivity contribution is 0.105. The zero-order valence-corrected chi connectivity index (χ0v) is 16.0. The van der Waals surface area contributed by atoms with E-state index in [1.807, 2.05) is 31.4 Å². The molecule has 1 aliphatic heterocycles. The van der Waals surface area contributed by atoms with Crippen molar-refractivity contribution >= 4 is 45.2 Å². The molecular weight excluding hydrogens is 366 g/mol. The molecule has 0 unspecified atom stereocenters. The number of anilines is 3. The predicted octanol–water partition coefficient (Wildman–Crippen LogP) is 2.74. The third-order valence-corrected chi connectivity index (χ3v) is 5.24. The van der Waals surface area contributed by atoms with Gasteiger partial charge < -0.3 is 19.9 Å². The first-order valence-corrected chi connectivity index (χ1v) is 9.73. The van der Waals surface area contributed by atoms with E-state index >= 15 is 0 Å². The first-order valence-electron chi connectivity index (χ1n) is 8.85. The Kier molecular flexibility index (Phi) is 4.80. The maximum Gasteiger partial charge on any atom is 0.409 e. The van der Waals surface area contributed by atoms with Crippen LogP contribution in [0.1, 0.15) is 12.6 Å². The maximum absolute atomic E-state index is 11.9. The van der Waals surface area contributed by atoms with Gasteiger partial charge in [0.2, 0.25) is 5.95 Å². The van der Waals surface area contributed by atoms with Crippen LogP contribution in [0.5, 0.6) is 0 Å². The molecular formula is C17H21N7O2S. The molecule has 9 nitrogen and oxygen atoms in total. The lowest BCUT2D eigenvalue weighted by Gasteiger charge is -2.34. The summed E-state index contributed by atoms with van der Waals surface area (Å²) in [4.78, 5) is 25.2. The number of nitrogens with zero attached hydrogens (tertiary/aromatic N) is 5. The van der Waals surface area contributed by atoms with Crippen LogP contribution in [0.25, 0.3) is 10.2 Å². The van der Waals surface area contributed by atoms with E-state index in [-0.39, 0.29) is 6.09 Å². The Balaban J connectivity index is 1.56. The zero-order valence-electron chi connectivity index (χ0n) is 15.2. The summed E-state index contributed by atoms with van der Waals surface area (Å²) in [6.45, 7) is 6.76. The van der Waals surface area contributed by atoms with Gasteiger partial charge in [0, 0.05) is 37.9 Å². The number of rotatable bonds is 4. The van der Waals surface area contributed by atoms with E-state index in [1.165, 1.54) is 0 Å². The number of aromatic nitrogens is 4. The Bertz CT molecular complexity index is 946. The van der Waals surface area contributed by atoms with Gasteiger partial charge in [-0.1, -0.05) is 0 Å². The lowest BCUT2D eigenvalue weighted by Crippen LogP contribution is -2.49. The fraction of sp³-hybridized carbons (Fsp3) is 0.412. The summed E-state index contributed by atoms with van der Waals surface area (Å²) in [6, 6.07) is 3.89. The molecule has 2 N–H and O–H groups in total. The first-order chi connectivity index (χ1) is 13.1. The molecule has 0 bridgehead atoms. The van der Waals surface area contributed by atoms with Crippen molar-refractivity contribution in [1.29, 1.82) is 0 Å². The minimum atomic E-state index is -0.252. The Hall–Kier alpha value is -2.88. The van der Waals surface area contributed by atoms with Crippen LogP contribution in [0, 0.1) is 6.92 Å². The van der Waals surface area contributed by atoms with Crippen molar-refractivity contribution in [3.8, 4) is 0 Å². The van der Waals surface area contributed by atoms with Crippen LogP contribution in [-0.4, -0.2) is 63.9 Å². The van der Waals surface area contributed by atoms with E-state index in [1.54, 1.807) is 16.2 Å². The summed E-state index contributed by atoms with van der Waals surface area (Å²) in [6.07, 6.45) is -0.252. The van der Waals surface area contributed by atoms with Crippen LogP contribution in [0.2, 0.25) is 0 Å². The predicted molar refractivity (Wildman–Crippen MR) is 105 cm³/mol. The number of thiophene rings is 1. The number of carbonyl (C=O) groups is 1. The molecule has 0 saturated carbocycles. The number of aryl methyl sites for hydroxylation is 1. The van der Waals surface area contributed by atoms with Crippen LogP contribution in [0.15, 0.2) is 17.5 Å². The van der Waals surface area contributed by atoms with Gasteiger partial charge in [0.25, 0.3) is 0 Å². The normalized spacial score (nSPS) is 14.6. The number of piperazine rings is 1. The molecule has 1 fully saturated rings. The molecule has 10 heteroatoms. The fourth-order valence-electron chi connectivity index (χ4n) is 3.03. The molecule has 1 saturated heterocycles. The number of amides is 1. The molecule has 27 heavy (non-hydrogen) atoms. The third kappa shape index (κ3) is 3.65. The van der Waals surface area contributed by atoms with Crippen molar-refractivity contribution in [2.45, 2.75) is 13.8 Å². The molecule has 0 aromatic carbocycles. The van der Waals surface area contributed by atoms with Gasteiger partial charge in [0.05, 0.1) is 16.8 Å². The highest BCUT2D eigenvalue weighted by molar-refractivity contribution is 7.17. The molecule has 0 radical (unpaired) electrons. The molecule has 3 aromatic rings. The van der Waals surface area contributed by atoms with E-state index in [4.69, 9.17) is 9.72 Å². The molecule has 4 rings (SSSR count). The molecule has 1 amide bonds. The highest BCUT2D eigenvalue weighted by Gasteiger charge is 2.25. The van der Waals surface area contributed by atoms with Crippen LogP contribution in [0.3, 0.4) is 0 Å². The molecule has 0 aliphatic carbocycles. The minimum Gasteiger partial charge on any atom is -0.450 e. The lowest BCUT2D eigenvalue weighted by atomic mass is 10.3. The minimum absolute atomic E-state index is 0.252. The number of carbonyl (C=O) groups excluding carboxylic acids is 1. The highest BCUT2D eigenvalue weighted by Crippen LogP contribution is 2.31. The smallest absolute Gasteiger partial charge is 0.409 e. The molecule has 142 valence electrons. The van der Waals surface area contributed by atoms with Crippen molar-refractivity contribution < 1.29 is 9.53 Å². The average molecular weight is 387 g/mol. The maximum atomic E-state index is 11.9. The Morgan fingerprint density at radius 1 is 1.33 bits per heavy atom. The Morgan fingerprint density at radius 3 is 2.85 bits per heavy atom.